The van der Waals surface area contributed by atoms with Gasteiger partial charge in [-0.05, 0) is 30.5 Å². The van der Waals surface area contributed by atoms with E-state index in [2.05, 4.69) is 10.3 Å². The Hall–Kier alpha value is -2.87. The Morgan fingerprint density at radius 1 is 1.36 bits per heavy atom. The number of benzene rings is 1. The highest BCUT2D eigenvalue weighted by Crippen LogP contribution is 2.25. The minimum Gasteiger partial charge on any atom is -0.387 e. The molecule has 1 fully saturated rings. The Bertz CT molecular complexity index is 821. The zero-order valence-corrected chi connectivity index (χ0v) is 16.3. The Labute approximate surface area is 164 Å². The van der Waals surface area contributed by atoms with Gasteiger partial charge in [0.2, 0.25) is 5.91 Å². The lowest BCUT2D eigenvalue weighted by atomic mass is 9.89. The molecule has 2 N–H and O–H groups in total. The van der Waals surface area contributed by atoms with Crippen molar-refractivity contribution in [1.82, 2.24) is 24.7 Å². The van der Waals surface area contributed by atoms with Gasteiger partial charge in [0, 0.05) is 45.3 Å². The maximum atomic E-state index is 12.6. The molecule has 3 amide bonds. The number of likely N-dealkylation sites (tertiary alicyclic amines) is 1. The van der Waals surface area contributed by atoms with Crippen LogP contribution in [0.5, 0.6) is 0 Å². The topological polar surface area (TPSA) is 90.7 Å². The fraction of sp³-hybridized carbons (Fsp3) is 0.450. The van der Waals surface area contributed by atoms with Crippen LogP contribution in [0.15, 0.2) is 43.0 Å². The number of amides is 3. The van der Waals surface area contributed by atoms with Gasteiger partial charge in [-0.3, -0.25) is 4.79 Å². The molecular weight excluding hydrogens is 358 g/mol. The smallest absolute Gasteiger partial charge is 0.317 e. The molecule has 1 unspecified atom stereocenters. The zero-order chi connectivity index (χ0) is 20.1. The number of nitrogens with one attached hydrogen (secondary N) is 1. The van der Waals surface area contributed by atoms with Crippen LogP contribution < -0.4 is 5.32 Å². The predicted molar refractivity (Wildman–Crippen MR) is 105 cm³/mol. The van der Waals surface area contributed by atoms with Crippen molar-refractivity contribution in [3.63, 3.8) is 0 Å². The van der Waals surface area contributed by atoms with Crippen LogP contribution in [-0.4, -0.2) is 69.2 Å². The summed E-state index contributed by atoms with van der Waals surface area (Å²) in [4.78, 5) is 31.7. The molecule has 0 aliphatic carbocycles. The van der Waals surface area contributed by atoms with E-state index in [-0.39, 0.29) is 24.9 Å². The fourth-order valence-electron chi connectivity index (χ4n) is 3.40. The zero-order valence-electron chi connectivity index (χ0n) is 16.3. The van der Waals surface area contributed by atoms with Crippen molar-refractivity contribution >= 4 is 11.9 Å². The molecule has 0 spiro atoms. The van der Waals surface area contributed by atoms with Gasteiger partial charge in [-0.15, -0.1) is 0 Å². The Morgan fingerprint density at radius 2 is 2.18 bits per heavy atom. The van der Waals surface area contributed by atoms with Crippen molar-refractivity contribution in [3.05, 3.63) is 48.5 Å². The average molecular weight is 385 g/mol. The second kappa shape index (κ2) is 8.43. The number of aromatic nitrogens is 2. The molecule has 1 aliphatic heterocycles. The lowest BCUT2D eigenvalue weighted by Crippen LogP contribution is -2.54. The SMILES string of the molecule is CN(C)C(=O)CC1(O)CCCN(C(=O)NCc2cccc(-n3ccnc3)c2)C1. The number of urea groups is 1. The molecule has 150 valence electrons. The molecule has 28 heavy (non-hydrogen) atoms. The maximum absolute atomic E-state index is 12.6. The Balaban J connectivity index is 1.57. The van der Waals surface area contributed by atoms with E-state index in [1.807, 2.05) is 35.0 Å². The van der Waals surface area contributed by atoms with Gasteiger partial charge in [-0.25, -0.2) is 9.78 Å². The molecule has 1 aliphatic rings. The van der Waals surface area contributed by atoms with E-state index in [0.29, 0.717) is 25.9 Å². The first-order valence-electron chi connectivity index (χ1n) is 9.39. The third-order valence-electron chi connectivity index (χ3n) is 4.98. The van der Waals surface area contributed by atoms with E-state index in [0.717, 1.165) is 11.3 Å². The van der Waals surface area contributed by atoms with E-state index >= 15 is 0 Å². The first-order chi connectivity index (χ1) is 13.4. The van der Waals surface area contributed by atoms with Crippen LogP contribution in [0.1, 0.15) is 24.8 Å². The molecule has 1 atom stereocenters. The third kappa shape index (κ3) is 4.89. The second-order valence-corrected chi connectivity index (χ2v) is 7.51. The van der Waals surface area contributed by atoms with Crippen molar-refractivity contribution < 1.29 is 14.7 Å². The van der Waals surface area contributed by atoms with Gasteiger partial charge in [0.05, 0.1) is 24.9 Å². The molecule has 0 radical (unpaired) electrons. The molecular formula is C20H27N5O3. The summed E-state index contributed by atoms with van der Waals surface area (Å²) in [6, 6.07) is 7.61. The van der Waals surface area contributed by atoms with Gasteiger partial charge in [0.1, 0.15) is 0 Å². The molecule has 3 rings (SSSR count). The van der Waals surface area contributed by atoms with Gasteiger partial charge < -0.3 is 24.8 Å². The van der Waals surface area contributed by atoms with Crippen LogP contribution in [0.3, 0.4) is 0 Å². The lowest BCUT2D eigenvalue weighted by Gasteiger charge is -2.39. The molecule has 8 nitrogen and oxygen atoms in total. The van der Waals surface area contributed by atoms with E-state index in [9.17, 15) is 14.7 Å². The number of aliphatic hydroxyl groups is 1. The summed E-state index contributed by atoms with van der Waals surface area (Å²) in [6.07, 6.45) is 6.51. The Kier molecular flexibility index (Phi) is 5.99. The molecule has 0 bridgehead atoms. The number of rotatable bonds is 5. The van der Waals surface area contributed by atoms with Crippen molar-refractivity contribution in [2.75, 3.05) is 27.2 Å². The summed E-state index contributed by atoms with van der Waals surface area (Å²) >= 11 is 0. The normalized spacial score (nSPS) is 19.3. The van der Waals surface area contributed by atoms with Crippen LogP contribution in [-0.2, 0) is 11.3 Å². The monoisotopic (exact) mass is 385 g/mol. The summed E-state index contributed by atoms with van der Waals surface area (Å²) in [7, 11) is 3.33. The summed E-state index contributed by atoms with van der Waals surface area (Å²) in [5, 5.41) is 13.7. The molecule has 2 aromatic rings. The number of nitrogens with zero attached hydrogens (tertiary/aromatic N) is 4. The van der Waals surface area contributed by atoms with E-state index in [1.54, 1.807) is 31.5 Å². The first-order valence-corrected chi connectivity index (χ1v) is 9.39. The largest absolute Gasteiger partial charge is 0.387 e. The molecule has 8 heteroatoms. The Morgan fingerprint density at radius 3 is 2.89 bits per heavy atom. The van der Waals surface area contributed by atoms with E-state index < -0.39 is 5.60 Å². The maximum Gasteiger partial charge on any atom is 0.317 e. The summed E-state index contributed by atoms with van der Waals surface area (Å²) in [5.41, 5.74) is 0.770. The molecule has 1 aromatic heterocycles. The third-order valence-corrected chi connectivity index (χ3v) is 4.98. The summed E-state index contributed by atoms with van der Waals surface area (Å²) in [6.45, 7) is 1.11. The van der Waals surface area contributed by atoms with Gasteiger partial charge >= 0.3 is 6.03 Å². The number of piperidine rings is 1. The molecule has 1 saturated heterocycles. The number of β-amino-alcohol motifs (C(OH)–C–C–N with tert-alkyl or cyclic N) is 1. The van der Waals surface area contributed by atoms with Crippen molar-refractivity contribution in [2.24, 2.45) is 0 Å². The van der Waals surface area contributed by atoms with Crippen LogP contribution in [0.25, 0.3) is 5.69 Å². The van der Waals surface area contributed by atoms with Crippen molar-refractivity contribution in [2.45, 2.75) is 31.4 Å². The van der Waals surface area contributed by atoms with Gasteiger partial charge in [0.25, 0.3) is 0 Å². The van der Waals surface area contributed by atoms with E-state index in [4.69, 9.17) is 0 Å². The minimum absolute atomic E-state index is 0.0245. The number of carbonyl (C=O) groups excluding carboxylic acids is 2. The molecule has 0 saturated carbocycles. The standard InChI is InChI=1S/C20H27N5O3/c1-23(2)18(26)12-20(28)7-4-9-24(14-20)19(27)22-13-16-5-3-6-17(11-16)25-10-8-21-15-25/h3,5-6,8,10-11,15,28H,4,7,9,12-14H2,1-2H3,(H,22,27). The highest BCUT2D eigenvalue weighted by atomic mass is 16.3. The van der Waals surface area contributed by atoms with Crippen LogP contribution in [0.2, 0.25) is 0 Å². The van der Waals surface area contributed by atoms with Crippen molar-refractivity contribution in [3.8, 4) is 5.69 Å². The first kappa shape index (κ1) is 19.9. The highest BCUT2D eigenvalue weighted by Gasteiger charge is 2.37. The van der Waals surface area contributed by atoms with Crippen molar-refractivity contribution in [1.29, 1.82) is 0 Å². The highest BCUT2D eigenvalue weighted by molar-refractivity contribution is 5.77. The quantitative estimate of drug-likeness (QED) is 0.814. The van der Waals surface area contributed by atoms with Crippen LogP contribution >= 0.6 is 0 Å². The van der Waals surface area contributed by atoms with Gasteiger partial charge in [0.15, 0.2) is 0 Å². The van der Waals surface area contributed by atoms with Gasteiger partial charge in [-0.1, -0.05) is 12.1 Å². The summed E-state index contributed by atoms with van der Waals surface area (Å²) in [5.74, 6) is -0.138. The number of carbonyl (C=O) groups is 2. The minimum atomic E-state index is -1.17. The molecule has 2 heterocycles. The number of hydrogen-bond donors (Lipinski definition) is 2. The van der Waals surface area contributed by atoms with Gasteiger partial charge in [-0.2, -0.15) is 0 Å². The fourth-order valence-corrected chi connectivity index (χ4v) is 3.40. The van der Waals surface area contributed by atoms with Crippen LogP contribution in [0, 0.1) is 0 Å². The van der Waals surface area contributed by atoms with Crippen LogP contribution in [0.4, 0.5) is 4.79 Å². The summed E-state index contributed by atoms with van der Waals surface area (Å²) < 4.78 is 1.90. The number of imidazole rings is 1. The number of hydrogen-bond acceptors (Lipinski definition) is 4. The average Bonchev–Trinajstić information content (AvgIpc) is 3.21. The molecule has 1 aromatic carbocycles. The second-order valence-electron chi connectivity index (χ2n) is 7.51. The lowest BCUT2D eigenvalue weighted by molar-refractivity contribution is -0.135. The predicted octanol–water partition coefficient (Wildman–Crippen LogP) is 1.39. The van der Waals surface area contributed by atoms with E-state index in [1.165, 1.54) is 4.90 Å².